The molecule has 0 saturated carbocycles. The van der Waals surface area contributed by atoms with Gasteiger partial charge < -0.3 is 4.74 Å². The number of carbonyl (C=O) groups excluding carboxylic acids is 1. The third-order valence-electron chi connectivity index (χ3n) is 3.43. The average molecular weight is 283 g/mol. The van der Waals surface area contributed by atoms with Crippen LogP contribution in [0.1, 0.15) is 15.9 Å². The lowest BCUT2D eigenvalue weighted by Gasteiger charge is -2.16. The van der Waals surface area contributed by atoms with Crippen LogP contribution in [0.25, 0.3) is 0 Å². The second-order valence-electron chi connectivity index (χ2n) is 5.13. The van der Waals surface area contributed by atoms with E-state index in [4.69, 9.17) is 4.74 Å². The number of rotatable bonds is 7. The molecule has 3 heteroatoms. The number of ether oxygens (including phenoxy) is 1. The topological polar surface area (TPSA) is 29.5 Å². The molecule has 0 saturated heterocycles. The van der Waals surface area contributed by atoms with Crippen LogP contribution in [0.4, 0.5) is 0 Å². The second-order valence-corrected chi connectivity index (χ2v) is 5.13. The van der Waals surface area contributed by atoms with Crippen molar-refractivity contribution in [2.45, 2.75) is 6.42 Å². The Labute approximate surface area is 126 Å². The first-order valence-electron chi connectivity index (χ1n) is 7.09. The van der Waals surface area contributed by atoms with Crippen molar-refractivity contribution in [1.29, 1.82) is 0 Å². The maximum Gasteiger partial charge on any atom is 0.176 e. The predicted octanol–water partition coefficient (Wildman–Crippen LogP) is 3.05. The van der Waals surface area contributed by atoms with Crippen LogP contribution >= 0.6 is 0 Å². The molecular weight excluding hydrogens is 262 g/mol. The van der Waals surface area contributed by atoms with Gasteiger partial charge in [0.2, 0.25) is 0 Å². The molecule has 21 heavy (non-hydrogen) atoms. The third-order valence-corrected chi connectivity index (χ3v) is 3.43. The molecular formula is C18H21NO2. The van der Waals surface area contributed by atoms with Gasteiger partial charge in [0.25, 0.3) is 0 Å². The van der Waals surface area contributed by atoms with Crippen LogP contribution in [0.2, 0.25) is 0 Å². The Morgan fingerprint density at radius 2 is 1.86 bits per heavy atom. The van der Waals surface area contributed by atoms with Gasteiger partial charge in [-0.15, -0.1) is 0 Å². The molecule has 0 aromatic heterocycles. The van der Waals surface area contributed by atoms with Crippen LogP contribution in [-0.2, 0) is 6.42 Å². The monoisotopic (exact) mass is 283 g/mol. The zero-order chi connectivity index (χ0) is 15.1. The molecule has 0 fully saturated rings. The summed E-state index contributed by atoms with van der Waals surface area (Å²) in [6, 6.07) is 17.6. The van der Waals surface area contributed by atoms with E-state index in [-0.39, 0.29) is 5.78 Å². The number of ketones is 1. The zero-order valence-electron chi connectivity index (χ0n) is 12.6. The summed E-state index contributed by atoms with van der Waals surface area (Å²) in [4.78, 5) is 14.3. The Hall–Kier alpha value is -2.13. The number of hydrogen-bond acceptors (Lipinski definition) is 3. The number of methoxy groups -OCH3 is 1. The molecule has 110 valence electrons. The normalized spacial score (nSPS) is 10.6. The fraction of sp³-hybridized carbons (Fsp3) is 0.278. The summed E-state index contributed by atoms with van der Waals surface area (Å²) in [6.07, 6.45) is 0.947. The smallest absolute Gasteiger partial charge is 0.176 e. The molecule has 2 aromatic rings. The van der Waals surface area contributed by atoms with E-state index < -0.39 is 0 Å². The molecule has 2 rings (SSSR count). The average Bonchev–Trinajstić information content (AvgIpc) is 2.54. The molecule has 0 N–H and O–H groups in total. The number of carbonyl (C=O) groups is 1. The van der Waals surface area contributed by atoms with Gasteiger partial charge in [-0.2, -0.15) is 0 Å². The Kier molecular flexibility index (Phi) is 5.52. The van der Waals surface area contributed by atoms with E-state index in [0.717, 1.165) is 13.0 Å². The minimum Gasteiger partial charge on any atom is -0.497 e. The van der Waals surface area contributed by atoms with Gasteiger partial charge in [-0.05, 0) is 31.2 Å². The second kappa shape index (κ2) is 7.60. The number of nitrogens with zero attached hydrogens (tertiary/aromatic N) is 1. The van der Waals surface area contributed by atoms with E-state index in [9.17, 15) is 4.79 Å². The van der Waals surface area contributed by atoms with Crippen molar-refractivity contribution in [1.82, 2.24) is 4.90 Å². The number of likely N-dealkylation sites (N-methyl/N-ethyl adjacent to an activating group) is 1. The van der Waals surface area contributed by atoms with Gasteiger partial charge in [0.15, 0.2) is 5.78 Å². The Balaban J connectivity index is 1.87. The van der Waals surface area contributed by atoms with Crippen molar-refractivity contribution in [2.75, 3.05) is 27.2 Å². The van der Waals surface area contributed by atoms with Crippen molar-refractivity contribution in [2.24, 2.45) is 0 Å². The molecule has 3 nitrogen and oxygen atoms in total. The Morgan fingerprint density at radius 3 is 2.57 bits per heavy atom. The molecule has 0 amide bonds. The minimum atomic E-state index is 0.115. The van der Waals surface area contributed by atoms with Gasteiger partial charge in [0.05, 0.1) is 13.7 Å². The number of benzene rings is 2. The lowest BCUT2D eigenvalue weighted by Crippen LogP contribution is -2.28. The predicted molar refractivity (Wildman–Crippen MR) is 85.0 cm³/mol. The number of hydrogen-bond donors (Lipinski definition) is 0. The molecule has 0 aliphatic carbocycles. The highest BCUT2D eigenvalue weighted by atomic mass is 16.5. The lowest BCUT2D eigenvalue weighted by atomic mass is 10.1. The maximum atomic E-state index is 12.2. The van der Waals surface area contributed by atoms with Gasteiger partial charge in [-0.1, -0.05) is 42.5 Å². The SMILES string of the molecule is COc1cccc(C(=O)CN(C)CCc2ccccc2)c1. The van der Waals surface area contributed by atoms with Crippen LogP contribution in [0, 0.1) is 0 Å². The summed E-state index contributed by atoms with van der Waals surface area (Å²) in [5.41, 5.74) is 1.99. The highest BCUT2D eigenvalue weighted by Gasteiger charge is 2.10. The van der Waals surface area contributed by atoms with Crippen molar-refractivity contribution >= 4 is 5.78 Å². The van der Waals surface area contributed by atoms with Gasteiger partial charge in [0.1, 0.15) is 5.75 Å². The minimum absolute atomic E-state index is 0.115. The summed E-state index contributed by atoms with van der Waals surface area (Å²) >= 11 is 0. The van der Waals surface area contributed by atoms with Crippen LogP contribution in [0.3, 0.4) is 0 Å². The summed E-state index contributed by atoms with van der Waals surface area (Å²) < 4.78 is 5.15. The number of Topliss-reactive ketones (excluding diaryl/α,β-unsaturated/α-hetero) is 1. The van der Waals surface area contributed by atoms with Crippen molar-refractivity contribution in [3.8, 4) is 5.75 Å². The molecule has 0 spiro atoms. The first-order chi connectivity index (χ1) is 10.2. The highest BCUT2D eigenvalue weighted by molar-refractivity contribution is 5.97. The molecule has 0 unspecified atom stereocenters. The van der Waals surface area contributed by atoms with Gasteiger partial charge >= 0.3 is 0 Å². The quantitative estimate of drug-likeness (QED) is 0.731. The summed E-state index contributed by atoms with van der Waals surface area (Å²) in [5, 5.41) is 0. The van der Waals surface area contributed by atoms with E-state index in [0.29, 0.717) is 17.9 Å². The largest absolute Gasteiger partial charge is 0.497 e. The van der Waals surface area contributed by atoms with E-state index >= 15 is 0 Å². The molecule has 0 heterocycles. The highest BCUT2D eigenvalue weighted by Crippen LogP contribution is 2.13. The first kappa shape index (κ1) is 15.3. The van der Waals surface area contributed by atoms with Crippen molar-refractivity contribution in [3.05, 3.63) is 65.7 Å². The summed E-state index contributed by atoms with van der Waals surface area (Å²) in [7, 11) is 3.58. The van der Waals surface area contributed by atoms with E-state index in [1.165, 1.54) is 5.56 Å². The molecule has 0 aliphatic heterocycles. The standard InChI is InChI=1S/C18H21NO2/c1-19(12-11-15-7-4-3-5-8-15)14-18(20)16-9-6-10-17(13-16)21-2/h3-10,13H,11-12,14H2,1-2H3. The molecule has 2 aromatic carbocycles. The van der Waals surface area contributed by atoms with Crippen molar-refractivity contribution in [3.63, 3.8) is 0 Å². The molecule has 0 bridgehead atoms. The van der Waals surface area contributed by atoms with Gasteiger partial charge in [-0.25, -0.2) is 0 Å². The Bertz CT molecular complexity index is 581. The fourth-order valence-corrected chi connectivity index (χ4v) is 2.18. The van der Waals surface area contributed by atoms with E-state index in [2.05, 4.69) is 17.0 Å². The summed E-state index contributed by atoms with van der Waals surface area (Å²) in [6.45, 7) is 1.28. The fourth-order valence-electron chi connectivity index (χ4n) is 2.18. The van der Waals surface area contributed by atoms with Crippen molar-refractivity contribution < 1.29 is 9.53 Å². The van der Waals surface area contributed by atoms with Crippen LogP contribution in [0.5, 0.6) is 5.75 Å². The Morgan fingerprint density at radius 1 is 1.10 bits per heavy atom. The summed E-state index contributed by atoms with van der Waals surface area (Å²) in [5.74, 6) is 0.831. The van der Waals surface area contributed by atoms with Gasteiger partial charge in [0, 0.05) is 12.1 Å². The maximum absolute atomic E-state index is 12.2. The third kappa shape index (κ3) is 4.72. The van der Waals surface area contributed by atoms with E-state index in [1.807, 2.05) is 43.4 Å². The lowest BCUT2D eigenvalue weighted by molar-refractivity contribution is 0.0946. The van der Waals surface area contributed by atoms with Gasteiger partial charge in [-0.3, -0.25) is 9.69 Å². The van der Waals surface area contributed by atoms with Crippen LogP contribution in [-0.4, -0.2) is 37.9 Å². The van der Waals surface area contributed by atoms with Crippen LogP contribution in [0.15, 0.2) is 54.6 Å². The van der Waals surface area contributed by atoms with E-state index in [1.54, 1.807) is 13.2 Å². The molecule has 0 radical (unpaired) electrons. The van der Waals surface area contributed by atoms with Crippen LogP contribution < -0.4 is 4.74 Å². The zero-order valence-corrected chi connectivity index (χ0v) is 12.6. The molecule has 0 aliphatic rings. The molecule has 0 atom stereocenters. The first-order valence-corrected chi connectivity index (χ1v) is 7.09.